The van der Waals surface area contributed by atoms with Crippen LogP contribution in [-0.2, 0) is 9.59 Å². The van der Waals surface area contributed by atoms with Crippen LogP contribution in [-0.4, -0.2) is 43.2 Å². The lowest BCUT2D eigenvalue weighted by molar-refractivity contribution is -0.130. The number of nitrogens with one attached hydrogen (secondary N) is 1. The van der Waals surface area contributed by atoms with Crippen LogP contribution in [0.25, 0.3) is 0 Å². The van der Waals surface area contributed by atoms with Crippen LogP contribution in [0.2, 0.25) is 0 Å². The van der Waals surface area contributed by atoms with Gasteiger partial charge in [0, 0.05) is 20.6 Å². The third kappa shape index (κ3) is 4.04. The van der Waals surface area contributed by atoms with Crippen molar-refractivity contribution in [1.29, 1.82) is 0 Å². The molecular formula is C13H17ClN2O2. The van der Waals surface area contributed by atoms with Crippen LogP contribution in [0.15, 0.2) is 30.3 Å². The van der Waals surface area contributed by atoms with E-state index in [0.29, 0.717) is 0 Å². The van der Waals surface area contributed by atoms with E-state index in [1.54, 1.807) is 14.1 Å². The number of rotatable bonds is 5. The highest BCUT2D eigenvalue weighted by atomic mass is 35.5. The minimum absolute atomic E-state index is 0.0453. The van der Waals surface area contributed by atoms with Gasteiger partial charge in [-0.15, -0.1) is 11.6 Å². The molecule has 1 unspecified atom stereocenters. The molecule has 0 radical (unpaired) electrons. The summed E-state index contributed by atoms with van der Waals surface area (Å²) in [6, 6.07) is 9.37. The first kappa shape index (κ1) is 14.5. The summed E-state index contributed by atoms with van der Waals surface area (Å²) in [5.41, 5.74) is 0.881. The lowest BCUT2D eigenvalue weighted by Crippen LogP contribution is -2.37. The molecule has 1 atom stereocenters. The van der Waals surface area contributed by atoms with Crippen LogP contribution < -0.4 is 5.32 Å². The summed E-state index contributed by atoms with van der Waals surface area (Å²) in [6.45, 7) is 0.257. The fourth-order valence-corrected chi connectivity index (χ4v) is 1.70. The summed E-state index contributed by atoms with van der Waals surface area (Å²) >= 11 is 5.42. The smallest absolute Gasteiger partial charge is 0.234 e. The largest absolute Gasteiger partial charge is 0.354 e. The SMILES string of the molecule is CN(C)C(=O)C(CNC(=O)CCl)c1ccccc1. The van der Waals surface area contributed by atoms with Crippen molar-refractivity contribution < 1.29 is 9.59 Å². The number of hydrogen-bond acceptors (Lipinski definition) is 2. The van der Waals surface area contributed by atoms with Crippen molar-refractivity contribution >= 4 is 23.4 Å². The number of hydrogen-bond donors (Lipinski definition) is 1. The molecule has 98 valence electrons. The molecule has 0 fully saturated rings. The number of benzene rings is 1. The maximum Gasteiger partial charge on any atom is 0.234 e. The van der Waals surface area contributed by atoms with Gasteiger partial charge in [-0.2, -0.15) is 0 Å². The molecule has 0 aromatic heterocycles. The van der Waals surface area contributed by atoms with Gasteiger partial charge >= 0.3 is 0 Å². The second kappa shape index (κ2) is 7.01. The van der Waals surface area contributed by atoms with E-state index in [1.807, 2.05) is 30.3 Å². The molecule has 2 amide bonds. The first-order valence-electron chi connectivity index (χ1n) is 5.65. The van der Waals surface area contributed by atoms with E-state index in [0.717, 1.165) is 5.56 Å². The van der Waals surface area contributed by atoms with E-state index in [2.05, 4.69) is 5.32 Å². The van der Waals surface area contributed by atoms with Gasteiger partial charge < -0.3 is 10.2 Å². The fourth-order valence-electron chi connectivity index (χ4n) is 1.61. The zero-order chi connectivity index (χ0) is 13.5. The molecule has 1 aromatic carbocycles. The van der Waals surface area contributed by atoms with Crippen molar-refractivity contribution in [3.05, 3.63) is 35.9 Å². The highest BCUT2D eigenvalue weighted by Gasteiger charge is 2.22. The van der Waals surface area contributed by atoms with Crippen LogP contribution in [0, 0.1) is 0 Å². The average Bonchev–Trinajstić information content (AvgIpc) is 2.39. The molecule has 0 saturated carbocycles. The van der Waals surface area contributed by atoms with Crippen molar-refractivity contribution in [3.63, 3.8) is 0 Å². The molecule has 5 heteroatoms. The Morgan fingerprint density at radius 2 is 1.89 bits per heavy atom. The summed E-state index contributed by atoms with van der Waals surface area (Å²) < 4.78 is 0. The maximum absolute atomic E-state index is 12.1. The topological polar surface area (TPSA) is 49.4 Å². The van der Waals surface area contributed by atoms with Gasteiger partial charge in [0.25, 0.3) is 0 Å². The van der Waals surface area contributed by atoms with Gasteiger partial charge in [-0.1, -0.05) is 30.3 Å². The van der Waals surface area contributed by atoms with Crippen molar-refractivity contribution in [2.45, 2.75) is 5.92 Å². The third-order valence-electron chi connectivity index (χ3n) is 2.57. The summed E-state index contributed by atoms with van der Waals surface area (Å²) in [5.74, 6) is -0.800. The van der Waals surface area contributed by atoms with Crippen LogP contribution in [0.5, 0.6) is 0 Å². The molecule has 1 rings (SSSR count). The second-order valence-electron chi connectivity index (χ2n) is 4.13. The number of carbonyl (C=O) groups is 2. The Morgan fingerprint density at radius 1 is 1.28 bits per heavy atom. The van der Waals surface area contributed by atoms with Gasteiger partial charge in [0.2, 0.25) is 11.8 Å². The second-order valence-corrected chi connectivity index (χ2v) is 4.40. The van der Waals surface area contributed by atoms with E-state index >= 15 is 0 Å². The summed E-state index contributed by atoms with van der Waals surface area (Å²) in [5, 5.41) is 2.65. The number of nitrogens with zero attached hydrogens (tertiary/aromatic N) is 1. The number of amides is 2. The Labute approximate surface area is 112 Å². The molecule has 1 aromatic rings. The number of alkyl halides is 1. The van der Waals surface area contributed by atoms with Crippen molar-refractivity contribution in [2.24, 2.45) is 0 Å². The van der Waals surface area contributed by atoms with Crippen molar-refractivity contribution in [1.82, 2.24) is 10.2 Å². The molecule has 0 aliphatic carbocycles. The molecule has 18 heavy (non-hydrogen) atoms. The standard InChI is InChI=1S/C13H17ClN2O2/c1-16(2)13(18)11(9-15-12(17)8-14)10-6-4-3-5-7-10/h3-7,11H,8-9H2,1-2H3,(H,15,17). The van der Waals surface area contributed by atoms with Gasteiger partial charge in [0.15, 0.2) is 0 Å². The van der Waals surface area contributed by atoms with Crippen LogP contribution >= 0.6 is 11.6 Å². The van der Waals surface area contributed by atoms with Crippen LogP contribution in [0.4, 0.5) is 0 Å². The Bertz CT molecular complexity index is 407. The third-order valence-corrected chi connectivity index (χ3v) is 2.81. The van der Waals surface area contributed by atoms with Gasteiger partial charge in [-0.05, 0) is 5.56 Å². The lowest BCUT2D eigenvalue weighted by Gasteiger charge is -2.21. The number of likely N-dealkylation sites (N-methyl/N-ethyl adjacent to an activating group) is 1. The van der Waals surface area contributed by atoms with Gasteiger partial charge in [-0.3, -0.25) is 9.59 Å². The van der Waals surface area contributed by atoms with E-state index in [-0.39, 0.29) is 30.2 Å². The first-order chi connectivity index (χ1) is 8.56. The quantitative estimate of drug-likeness (QED) is 0.816. The molecule has 4 nitrogen and oxygen atoms in total. The molecule has 0 spiro atoms. The van der Waals surface area contributed by atoms with E-state index in [1.165, 1.54) is 4.90 Å². The first-order valence-corrected chi connectivity index (χ1v) is 6.18. The Balaban J connectivity index is 2.83. The molecule has 0 aliphatic rings. The minimum atomic E-state index is -0.381. The summed E-state index contributed by atoms with van der Waals surface area (Å²) in [6.07, 6.45) is 0. The van der Waals surface area contributed by atoms with Gasteiger partial charge in [0.1, 0.15) is 5.88 Å². The number of carbonyl (C=O) groups excluding carboxylic acids is 2. The van der Waals surface area contributed by atoms with E-state index < -0.39 is 0 Å². The summed E-state index contributed by atoms with van der Waals surface area (Å²) in [7, 11) is 3.39. The normalized spacial score (nSPS) is 11.7. The van der Waals surface area contributed by atoms with E-state index in [9.17, 15) is 9.59 Å². The molecule has 0 heterocycles. The lowest BCUT2D eigenvalue weighted by atomic mass is 9.97. The Hall–Kier alpha value is -1.55. The molecule has 0 bridgehead atoms. The zero-order valence-electron chi connectivity index (χ0n) is 10.5. The number of halogens is 1. The monoisotopic (exact) mass is 268 g/mol. The molecule has 1 N–H and O–H groups in total. The average molecular weight is 269 g/mol. The predicted octanol–water partition coefficient (Wildman–Crippen LogP) is 1.21. The van der Waals surface area contributed by atoms with Gasteiger partial charge in [-0.25, -0.2) is 0 Å². The van der Waals surface area contributed by atoms with Crippen LogP contribution in [0.3, 0.4) is 0 Å². The maximum atomic E-state index is 12.1. The zero-order valence-corrected chi connectivity index (χ0v) is 11.3. The van der Waals surface area contributed by atoms with Crippen molar-refractivity contribution in [3.8, 4) is 0 Å². The van der Waals surface area contributed by atoms with Gasteiger partial charge in [0.05, 0.1) is 5.92 Å². The molecule has 0 saturated heterocycles. The van der Waals surface area contributed by atoms with Crippen molar-refractivity contribution in [2.75, 3.05) is 26.5 Å². The fraction of sp³-hybridized carbons (Fsp3) is 0.385. The Morgan fingerprint density at radius 3 is 2.39 bits per heavy atom. The summed E-state index contributed by atoms with van der Waals surface area (Å²) in [4.78, 5) is 24.8. The van der Waals surface area contributed by atoms with E-state index in [4.69, 9.17) is 11.6 Å². The highest BCUT2D eigenvalue weighted by Crippen LogP contribution is 2.16. The molecule has 0 aliphatic heterocycles. The minimum Gasteiger partial charge on any atom is -0.354 e. The predicted molar refractivity (Wildman–Crippen MR) is 71.6 cm³/mol. The Kier molecular flexibility index (Phi) is 5.65. The molecular weight excluding hydrogens is 252 g/mol. The highest BCUT2D eigenvalue weighted by molar-refractivity contribution is 6.27. The van der Waals surface area contributed by atoms with Crippen LogP contribution in [0.1, 0.15) is 11.5 Å².